The standard InChI is InChI=1S/C22H40O5Si2.C20H34O4Si.CH4/c1-21(2,3)29(8,9)27-17-13-16(18(23)14-17)15-22(28(5,6)7)19(26-22)11-10-12-20(24)25-4;1-15(10-8-9-11-19(22)23-5)12-16-13-17(14-18(16)21)24-25(6,7)20(2,3)4;/h13,17,19H,10-12,14-15H2,1-9H3;10,13,17H,8-9,11-12,14H2,1-7H3;1H4/b;15-10+;. The highest BCUT2D eigenvalue weighted by Crippen LogP contribution is 2.52. The van der Waals surface area contributed by atoms with E-state index in [1.807, 2.05) is 13.0 Å². The summed E-state index contributed by atoms with van der Waals surface area (Å²) in [7, 11) is -2.64. The van der Waals surface area contributed by atoms with E-state index in [0.717, 1.165) is 42.4 Å². The summed E-state index contributed by atoms with van der Waals surface area (Å²) < 4.78 is 28.5. The van der Waals surface area contributed by atoms with Crippen molar-refractivity contribution >= 4 is 48.2 Å². The van der Waals surface area contributed by atoms with Gasteiger partial charge in [0.15, 0.2) is 28.2 Å². The third-order valence-corrected chi connectivity index (χ3v) is 24.3. The highest BCUT2D eigenvalue weighted by Gasteiger charge is 2.64. The predicted molar refractivity (Wildman–Crippen MR) is 232 cm³/mol. The van der Waals surface area contributed by atoms with Crippen LogP contribution in [-0.4, -0.2) is 86.0 Å². The van der Waals surface area contributed by atoms with Gasteiger partial charge in [0.2, 0.25) is 0 Å². The lowest BCUT2D eigenvalue weighted by Crippen LogP contribution is -2.44. The van der Waals surface area contributed by atoms with Crippen LogP contribution in [0.1, 0.15) is 120 Å². The van der Waals surface area contributed by atoms with E-state index in [9.17, 15) is 19.2 Å². The molecular formula is C43H78O9Si3. The van der Waals surface area contributed by atoms with Crippen LogP contribution in [0.5, 0.6) is 0 Å². The average molecular weight is 823 g/mol. The number of carbonyl (C=O) groups is 4. The molecule has 0 N–H and O–H groups in total. The minimum Gasteiger partial charge on any atom is -0.469 e. The maximum atomic E-state index is 12.8. The van der Waals surface area contributed by atoms with Gasteiger partial charge in [-0.25, -0.2) is 0 Å². The topological polar surface area (TPSA) is 118 Å². The van der Waals surface area contributed by atoms with Gasteiger partial charge in [0.25, 0.3) is 0 Å². The second-order valence-electron chi connectivity index (χ2n) is 19.6. The van der Waals surface area contributed by atoms with Crippen molar-refractivity contribution in [1.29, 1.82) is 0 Å². The Labute approximate surface area is 338 Å². The van der Waals surface area contributed by atoms with E-state index >= 15 is 0 Å². The van der Waals surface area contributed by atoms with Gasteiger partial charge in [-0.2, -0.15) is 0 Å². The summed E-state index contributed by atoms with van der Waals surface area (Å²) in [4.78, 5) is 47.5. The van der Waals surface area contributed by atoms with Crippen LogP contribution in [0.3, 0.4) is 0 Å². The summed E-state index contributed by atoms with van der Waals surface area (Å²) in [5.74, 6) is 0.0510. The molecule has 1 fully saturated rings. The van der Waals surface area contributed by atoms with E-state index in [1.165, 1.54) is 14.2 Å². The van der Waals surface area contributed by atoms with Crippen molar-refractivity contribution in [2.45, 2.75) is 200 Å². The Bertz CT molecular complexity index is 1440. The van der Waals surface area contributed by atoms with Gasteiger partial charge in [-0.05, 0) is 98.6 Å². The molecule has 0 saturated carbocycles. The Balaban J connectivity index is 0.000000546. The third-order valence-electron chi connectivity index (χ3n) is 12.2. The number of esters is 2. The maximum Gasteiger partial charge on any atom is 0.305 e. The predicted octanol–water partition coefficient (Wildman–Crippen LogP) is 10.6. The van der Waals surface area contributed by atoms with E-state index in [2.05, 4.69) is 104 Å². The van der Waals surface area contributed by atoms with Gasteiger partial charge in [0.05, 0.1) is 45.8 Å². The van der Waals surface area contributed by atoms with Crippen LogP contribution in [0.15, 0.2) is 34.9 Å². The second-order valence-corrected chi connectivity index (χ2v) is 34.4. The van der Waals surface area contributed by atoms with Crippen LogP contribution in [0, 0.1) is 0 Å². The second kappa shape index (κ2) is 20.1. The molecule has 0 radical (unpaired) electrons. The Morgan fingerprint density at radius 1 is 0.782 bits per heavy atom. The molecule has 55 heavy (non-hydrogen) atoms. The molecule has 4 unspecified atom stereocenters. The SMILES string of the molecule is C.COC(=O)CCC/C=C(\C)CC1=CC(O[Si](C)(C)C(C)(C)C)CC1=O.COC(=O)CCCC1OC1(CC1=CC(O[Si](C)(C)C(C)(C)C)CC1=O)[Si](C)(C)C. The lowest BCUT2D eigenvalue weighted by Gasteiger charge is -2.37. The molecule has 1 heterocycles. The zero-order valence-electron chi connectivity index (χ0n) is 36.7. The van der Waals surface area contributed by atoms with Crippen molar-refractivity contribution in [2.75, 3.05) is 14.2 Å². The molecule has 12 heteroatoms. The molecule has 0 bridgehead atoms. The highest BCUT2D eigenvalue weighted by atomic mass is 28.4. The Kier molecular flexibility index (Phi) is 18.7. The number of epoxide rings is 1. The third kappa shape index (κ3) is 14.7. The van der Waals surface area contributed by atoms with Crippen LogP contribution >= 0.6 is 0 Å². The minimum absolute atomic E-state index is 0. The summed E-state index contributed by atoms with van der Waals surface area (Å²) >= 11 is 0. The highest BCUT2D eigenvalue weighted by molar-refractivity contribution is 6.80. The van der Waals surface area contributed by atoms with Gasteiger partial charge in [-0.1, -0.05) is 80.3 Å². The first-order valence-electron chi connectivity index (χ1n) is 19.9. The lowest BCUT2D eigenvalue weighted by atomic mass is 10.0. The van der Waals surface area contributed by atoms with Crippen LogP contribution in [0.2, 0.25) is 55.9 Å². The smallest absolute Gasteiger partial charge is 0.305 e. The first-order chi connectivity index (χ1) is 24.6. The largest absolute Gasteiger partial charge is 0.469 e. The zero-order chi connectivity index (χ0) is 41.5. The first kappa shape index (κ1) is 51.0. The minimum atomic E-state index is -1.92. The normalized spacial score (nSPS) is 23.3. The molecule has 9 nitrogen and oxygen atoms in total. The van der Waals surface area contributed by atoms with Crippen molar-refractivity contribution in [3.63, 3.8) is 0 Å². The van der Waals surface area contributed by atoms with Gasteiger partial charge >= 0.3 is 11.9 Å². The Morgan fingerprint density at radius 2 is 1.22 bits per heavy atom. The van der Waals surface area contributed by atoms with Crippen molar-refractivity contribution in [1.82, 2.24) is 0 Å². The molecule has 1 aliphatic heterocycles. The van der Waals surface area contributed by atoms with Gasteiger partial charge in [0.1, 0.15) is 0 Å². The molecule has 0 amide bonds. The van der Waals surface area contributed by atoms with Crippen LogP contribution in [0.25, 0.3) is 0 Å². The summed E-state index contributed by atoms with van der Waals surface area (Å²) in [5.41, 5.74) is 2.91. The van der Waals surface area contributed by atoms with Crippen molar-refractivity contribution in [3.8, 4) is 0 Å². The van der Waals surface area contributed by atoms with Gasteiger partial charge in [-0.15, -0.1) is 0 Å². The zero-order valence-corrected chi connectivity index (χ0v) is 39.7. The van der Waals surface area contributed by atoms with E-state index in [-0.39, 0.29) is 64.5 Å². The monoisotopic (exact) mass is 822 g/mol. The number of methoxy groups -OCH3 is 2. The molecule has 2 aliphatic carbocycles. The van der Waals surface area contributed by atoms with E-state index in [1.54, 1.807) is 0 Å². The summed E-state index contributed by atoms with van der Waals surface area (Å²) in [6.45, 7) is 31.1. The number of hydrogen-bond acceptors (Lipinski definition) is 9. The van der Waals surface area contributed by atoms with Crippen LogP contribution < -0.4 is 0 Å². The molecule has 1 saturated heterocycles. The molecule has 316 valence electrons. The quantitative estimate of drug-likeness (QED) is 0.0464. The van der Waals surface area contributed by atoms with Gasteiger partial charge in [0, 0.05) is 32.1 Å². The molecule has 0 aromatic heterocycles. The fourth-order valence-corrected chi connectivity index (χ4v) is 11.3. The fraction of sp³-hybridized carbons (Fsp3) is 0.767. The van der Waals surface area contributed by atoms with E-state index in [0.29, 0.717) is 38.5 Å². The molecule has 4 atom stereocenters. The molecular weight excluding hydrogens is 745 g/mol. The fourth-order valence-electron chi connectivity index (χ4n) is 6.44. The lowest BCUT2D eigenvalue weighted by molar-refractivity contribution is -0.141. The molecule has 0 spiro atoms. The number of allylic oxidation sites excluding steroid dienone is 3. The Hall–Kier alpha value is -1.97. The number of rotatable bonds is 17. The number of carbonyl (C=O) groups excluding carboxylic acids is 4. The summed E-state index contributed by atoms with van der Waals surface area (Å²) in [6.07, 6.45) is 12.5. The molecule has 0 aromatic rings. The Morgan fingerprint density at radius 3 is 1.65 bits per heavy atom. The first-order valence-corrected chi connectivity index (χ1v) is 29.2. The van der Waals surface area contributed by atoms with Crippen molar-refractivity contribution < 1.29 is 42.2 Å². The summed E-state index contributed by atoms with van der Waals surface area (Å²) in [6, 6.07) is 0. The van der Waals surface area contributed by atoms with E-state index in [4.69, 9.17) is 18.3 Å². The van der Waals surface area contributed by atoms with Crippen molar-refractivity contribution in [2.24, 2.45) is 0 Å². The van der Waals surface area contributed by atoms with E-state index < -0.39 is 24.7 Å². The number of Topliss-reactive ketones (excluding diaryl/α,β-unsaturated/α-hetero) is 2. The number of ether oxygens (including phenoxy) is 3. The number of ketones is 2. The summed E-state index contributed by atoms with van der Waals surface area (Å²) in [5, 5.41) is 0.0507. The van der Waals surface area contributed by atoms with Crippen molar-refractivity contribution in [3.05, 3.63) is 34.9 Å². The number of unbranched alkanes of at least 4 members (excludes halogenated alkanes) is 1. The van der Waals surface area contributed by atoms with Gasteiger partial charge in [-0.3, -0.25) is 19.2 Å². The van der Waals surface area contributed by atoms with Crippen LogP contribution in [-0.2, 0) is 42.2 Å². The maximum absolute atomic E-state index is 12.8. The van der Waals surface area contributed by atoms with Gasteiger partial charge < -0.3 is 23.1 Å². The average Bonchev–Trinajstić information content (AvgIpc) is 3.49. The van der Waals surface area contributed by atoms with Crippen LogP contribution in [0.4, 0.5) is 0 Å². The molecule has 0 aromatic carbocycles. The number of hydrogen-bond donors (Lipinski definition) is 0. The molecule has 3 rings (SSSR count). The molecule has 3 aliphatic rings.